The van der Waals surface area contributed by atoms with Crippen LogP contribution in [0.25, 0.3) is 0 Å². The number of rotatable bonds is 7. The molecule has 3 heterocycles. The van der Waals surface area contributed by atoms with Gasteiger partial charge in [-0.3, -0.25) is 15.0 Å². The number of fused-ring (bicyclic) bond motifs is 1. The minimum Gasteiger partial charge on any atom is -0.454 e. The van der Waals surface area contributed by atoms with Gasteiger partial charge in [-0.2, -0.15) is 0 Å². The average molecular weight is 417 g/mol. The van der Waals surface area contributed by atoms with Gasteiger partial charge in [-0.15, -0.1) is 11.3 Å². The summed E-state index contributed by atoms with van der Waals surface area (Å²) in [5.74, 6) is 0.830. The molecular formula is C20H23N3O5S. The van der Waals surface area contributed by atoms with Crippen molar-refractivity contribution in [3.05, 3.63) is 40.6 Å². The molecule has 9 heteroatoms. The van der Waals surface area contributed by atoms with Crippen LogP contribution in [0.15, 0.2) is 35.7 Å². The van der Waals surface area contributed by atoms with E-state index in [9.17, 15) is 9.59 Å². The molecule has 1 fully saturated rings. The molecule has 2 aromatic rings. The standard InChI is InChI=1S/C20H23N3O5S/c24-19(22-20(25)21-14-5-6-17-18(9-14)28-13-27-17)12-23(10-15-3-1-7-26-15)11-16-4-2-8-29-16/h2,4-6,8-9,15H,1,3,7,10-13H2,(H2,21,22,24,25). The van der Waals surface area contributed by atoms with E-state index in [0.717, 1.165) is 19.4 Å². The molecule has 0 saturated carbocycles. The Labute approximate surface area is 172 Å². The molecule has 3 amide bonds. The van der Waals surface area contributed by atoms with Crippen LogP contribution < -0.4 is 20.1 Å². The van der Waals surface area contributed by atoms with E-state index in [-0.39, 0.29) is 25.3 Å². The maximum atomic E-state index is 12.4. The molecule has 1 unspecified atom stereocenters. The fourth-order valence-electron chi connectivity index (χ4n) is 3.39. The summed E-state index contributed by atoms with van der Waals surface area (Å²) in [5, 5.41) is 7.05. The quantitative estimate of drug-likeness (QED) is 0.720. The van der Waals surface area contributed by atoms with E-state index < -0.39 is 6.03 Å². The Morgan fingerprint density at radius 1 is 1.21 bits per heavy atom. The topological polar surface area (TPSA) is 89.1 Å². The van der Waals surface area contributed by atoms with Gasteiger partial charge in [0.2, 0.25) is 12.7 Å². The van der Waals surface area contributed by atoms with Gasteiger partial charge in [0.1, 0.15) is 0 Å². The molecule has 2 N–H and O–H groups in total. The number of thiophene rings is 1. The lowest BCUT2D eigenvalue weighted by Gasteiger charge is -2.24. The van der Waals surface area contributed by atoms with Gasteiger partial charge in [-0.25, -0.2) is 4.79 Å². The first kappa shape index (κ1) is 19.7. The molecular weight excluding hydrogens is 394 g/mol. The molecule has 2 aliphatic rings. The zero-order chi connectivity index (χ0) is 20.1. The van der Waals surface area contributed by atoms with Crippen molar-refractivity contribution in [3.63, 3.8) is 0 Å². The third kappa shape index (κ3) is 5.47. The lowest BCUT2D eigenvalue weighted by molar-refractivity contribution is -0.121. The highest BCUT2D eigenvalue weighted by atomic mass is 32.1. The highest BCUT2D eigenvalue weighted by Crippen LogP contribution is 2.34. The van der Waals surface area contributed by atoms with Gasteiger partial charge in [-0.05, 0) is 36.4 Å². The summed E-state index contributed by atoms with van der Waals surface area (Å²) < 4.78 is 16.2. The van der Waals surface area contributed by atoms with Gasteiger partial charge in [0, 0.05) is 36.3 Å². The Hall–Kier alpha value is -2.62. The number of nitrogens with one attached hydrogen (secondary N) is 2. The van der Waals surface area contributed by atoms with Gasteiger partial charge >= 0.3 is 6.03 Å². The van der Waals surface area contributed by atoms with E-state index in [1.807, 2.05) is 22.4 Å². The zero-order valence-corrected chi connectivity index (χ0v) is 16.7. The average Bonchev–Trinajstić information content (AvgIpc) is 3.43. The molecule has 1 aromatic heterocycles. The van der Waals surface area contributed by atoms with Crippen LogP contribution >= 0.6 is 11.3 Å². The second-order valence-electron chi connectivity index (χ2n) is 6.95. The molecule has 1 saturated heterocycles. The van der Waals surface area contributed by atoms with Crippen LogP contribution in [0.2, 0.25) is 0 Å². The second-order valence-corrected chi connectivity index (χ2v) is 7.99. The summed E-state index contributed by atoms with van der Waals surface area (Å²) in [4.78, 5) is 27.8. The van der Waals surface area contributed by atoms with E-state index in [1.54, 1.807) is 29.5 Å². The van der Waals surface area contributed by atoms with E-state index >= 15 is 0 Å². The first-order valence-electron chi connectivity index (χ1n) is 9.52. The number of ether oxygens (including phenoxy) is 3. The molecule has 29 heavy (non-hydrogen) atoms. The minimum absolute atomic E-state index is 0.117. The smallest absolute Gasteiger partial charge is 0.325 e. The molecule has 154 valence electrons. The van der Waals surface area contributed by atoms with E-state index in [4.69, 9.17) is 14.2 Å². The summed E-state index contributed by atoms with van der Waals surface area (Å²) in [5.41, 5.74) is 0.523. The number of carbonyl (C=O) groups is 2. The van der Waals surface area contributed by atoms with Crippen LogP contribution in [-0.4, -0.2) is 49.4 Å². The first-order chi connectivity index (χ1) is 14.2. The van der Waals surface area contributed by atoms with Crippen LogP contribution in [0.3, 0.4) is 0 Å². The van der Waals surface area contributed by atoms with Crippen molar-refractivity contribution in [2.45, 2.75) is 25.5 Å². The molecule has 1 atom stereocenters. The maximum Gasteiger partial charge on any atom is 0.325 e. The Balaban J connectivity index is 1.30. The number of carbonyl (C=O) groups excluding carboxylic acids is 2. The van der Waals surface area contributed by atoms with E-state index in [0.29, 0.717) is 30.3 Å². The van der Waals surface area contributed by atoms with E-state index in [2.05, 4.69) is 10.6 Å². The lowest BCUT2D eigenvalue weighted by atomic mass is 10.2. The third-order valence-corrected chi connectivity index (χ3v) is 5.56. The van der Waals surface area contributed by atoms with Crippen molar-refractivity contribution in [2.24, 2.45) is 0 Å². The highest BCUT2D eigenvalue weighted by molar-refractivity contribution is 7.09. The van der Waals surface area contributed by atoms with Gasteiger partial charge in [0.15, 0.2) is 11.5 Å². The van der Waals surface area contributed by atoms with Crippen molar-refractivity contribution in [1.29, 1.82) is 0 Å². The number of anilines is 1. The summed E-state index contributed by atoms with van der Waals surface area (Å²) in [6.07, 6.45) is 2.17. The van der Waals surface area contributed by atoms with Crippen molar-refractivity contribution in [2.75, 3.05) is 31.8 Å². The Morgan fingerprint density at radius 3 is 2.90 bits per heavy atom. The largest absolute Gasteiger partial charge is 0.454 e. The highest BCUT2D eigenvalue weighted by Gasteiger charge is 2.22. The van der Waals surface area contributed by atoms with Gasteiger partial charge in [0.25, 0.3) is 0 Å². The van der Waals surface area contributed by atoms with Crippen LogP contribution in [0.4, 0.5) is 10.5 Å². The summed E-state index contributed by atoms with van der Waals surface area (Å²) in [6.45, 7) is 2.35. The number of nitrogens with zero attached hydrogens (tertiary/aromatic N) is 1. The van der Waals surface area contributed by atoms with Crippen LogP contribution in [0, 0.1) is 0 Å². The van der Waals surface area contributed by atoms with Crippen molar-refractivity contribution in [3.8, 4) is 11.5 Å². The van der Waals surface area contributed by atoms with Gasteiger partial charge < -0.3 is 19.5 Å². The lowest BCUT2D eigenvalue weighted by Crippen LogP contribution is -2.43. The maximum absolute atomic E-state index is 12.4. The van der Waals surface area contributed by atoms with Crippen LogP contribution in [-0.2, 0) is 16.1 Å². The Morgan fingerprint density at radius 2 is 2.10 bits per heavy atom. The monoisotopic (exact) mass is 417 g/mol. The molecule has 4 rings (SSSR count). The molecule has 0 radical (unpaired) electrons. The Bertz CT molecular complexity index is 852. The number of amides is 3. The normalized spacial score (nSPS) is 17.5. The number of hydrogen-bond acceptors (Lipinski definition) is 7. The molecule has 0 bridgehead atoms. The summed E-state index contributed by atoms with van der Waals surface area (Å²) in [6, 6.07) is 8.51. The van der Waals surface area contributed by atoms with Crippen molar-refractivity contribution in [1.82, 2.24) is 10.2 Å². The zero-order valence-electron chi connectivity index (χ0n) is 15.9. The number of imide groups is 1. The number of urea groups is 1. The van der Waals surface area contributed by atoms with Gasteiger partial charge in [-0.1, -0.05) is 6.07 Å². The van der Waals surface area contributed by atoms with Crippen LogP contribution in [0.5, 0.6) is 11.5 Å². The Kier molecular flexibility index (Phi) is 6.28. The number of hydrogen-bond donors (Lipinski definition) is 2. The minimum atomic E-state index is -0.581. The van der Waals surface area contributed by atoms with E-state index in [1.165, 1.54) is 4.88 Å². The summed E-state index contributed by atoms with van der Waals surface area (Å²) >= 11 is 1.65. The molecule has 0 aliphatic carbocycles. The molecule has 2 aliphatic heterocycles. The SMILES string of the molecule is O=C(CN(Cc1cccs1)CC1CCCO1)NC(=O)Nc1ccc2c(c1)OCO2. The molecule has 8 nitrogen and oxygen atoms in total. The predicted octanol–water partition coefficient (Wildman–Crippen LogP) is 2.81. The fourth-order valence-corrected chi connectivity index (χ4v) is 4.14. The van der Waals surface area contributed by atoms with Crippen molar-refractivity contribution >= 4 is 29.0 Å². The second kappa shape index (κ2) is 9.25. The fraction of sp³-hybridized carbons (Fsp3) is 0.400. The molecule has 1 aromatic carbocycles. The van der Waals surface area contributed by atoms with Crippen LogP contribution in [0.1, 0.15) is 17.7 Å². The molecule has 0 spiro atoms. The predicted molar refractivity (Wildman–Crippen MR) is 108 cm³/mol. The first-order valence-corrected chi connectivity index (χ1v) is 10.4. The van der Waals surface area contributed by atoms with Crippen molar-refractivity contribution < 1.29 is 23.8 Å². The number of benzene rings is 1. The third-order valence-electron chi connectivity index (χ3n) is 4.70. The summed E-state index contributed by atoms with van der Waals surface area (Å²) in [7, 11) is 0. The van der Waals surface area contributed by atoms with Gasteiger partial charge in [0.05, 0.1) is 12.6 Å².